The molecular weight excluding hydrogens is 412 g/mol. The summed E-state index contributed by atoms with van der Waals surface area (Å²) in [4.78, 5) is 28.2. The number of para-hydroxylation sites is 1. The number of aromatic nitrogens is 3. The van der Waals surface area contributed by atoms with Crippen molar-refractivity contribution in [2.75, 3.05) is 18.4 Å². The van der Waals surface area contributed by atoms with E-state index in [1.54, 1.807) is 12.3 Å². The van der Waals surface area contributed by atoms with E-state index in [1.807, 2.05) is 29.2 Å². The number of piperidine rings is 1. The molecule has 32 heavy (non-hydrogen) atoms. The van der Waals surface area contributed by atoms with Crippen LogP contribution in [0.3, 0.4) is 0 Å². The molecule has 6 nitrogen and oxygen atoms in total. The fourth-order valence-corrected chi connectivity index (χ4v) is 4.23. The maximum Gasteiger partial charge on any atom is 0.254 e. The molecule has 2 aromatic carbocycles. The first-order valence-electron chi connectivity index (χ1n) is 10.6. The zero-order valence-corrected chi connectivity index (χ0v) is 17.3. The smallest absolute Gasteiger partial charge is 0.254 e. The van der Waals surface area contributed by atoms with Gasteiger partial charge in [-0.1, -0.05) is 18.2 Å². The molecule has 1 aliphatic rings. The minimum atomic E-state index is -0.961. The van der Waals surface area contributed by atoms with Crippen molar-refractivity contribution < 1.29 is 13.6 Å². The van der Waals surface area contributed by atoms with E-state index in [0.29, 0.717) is 24.5 Å². The summed E-state index contributed by atoms with van der Waals surface area (Å²) in [5.41, 5.74) is 1.99. The first-order chi connectivity index (χ1) is 15.6. The predicted molar refractivity (Wildman–Crippen MR) is 118 cm³/mol. The zero-order chi connectivity index (χ0) is 22.1. The largest absolute Gasteiger partial charge is 0.367 e. The number of anilines is 1. The average molecular weight is 433 g/mol. The standard InChI is InChI=1S/C24H21F2N5O/c25-18-11-21-22(12-19(18)26)30-23(14-28-21)29-13-15-5-3-4-10-31(15)24(32)17-8-9-27-20-7-2-1-6-16(17)20/h1-2,6-9,11-12,14-15H,3-5,10,13H2,(H,29,30). The molecule has 8 heteroatoms. The van der Waals surface area contributed by atoms with Gasteiger partial charge in [0.25, 0.3) is 5.91 Å². The second kappa shape index (κ2) is 8.45. The van der Waals surface area contributed by atoms with Crippen LogP contribution in [-0.4, -0.2) is 44.9 Å². The van der Waals surface area contributed by atoms with Gasteiger partial charge in [0.15, 0.2) is 11.6 Å². The molecule has 3 heterocycles. The molecule has 1 amide bonds. The Labute approximate surface area is 183 Å². The SMILES string of the molecule is O=C(c1ccnc2ccccc12)N1CCCCC1CNc1cnc2cc(F)c(F)cc2n1. The number of amides is 1. The molecule has 162 valence electrons. The number of rotatable bonds is 4. The average Bonchev–Trinajstić information content (AvgIpc) is 2.83. The van der Waals surface area contributed by atoms with E-state index < -0.39 is 11.6 Å². The second-order valence-corrected chi connectivity index (χ2v) is 7.91. The van der Waals surface area contributed by atoms with E-state index in [2.05, 4.69) is 20.3 Å². The lowest BCUT2D eigenvalue weighted by atomic mass is 9.99. The van der Waals surface area contributed by atoms with Crippen molar-refractivity contribution in [1.29, 1.82) is 0 Å². The molecule has 1 atom stereocenters. The zero-order valence-electron chi connectivity index (χ0n) is 17.3. The van der Waals surface area contributed by atoms with Gasteiger partial charge in [0, 0.05) is 42.8 Å². The van der Waals surface area contributed by atoms with Crippen molar-refractivity contribution in [2.45, 2.75) is 25.3 Å². The van der Waals surface area contributed by atoms with Crippen LogP contribution in [0.1, 0.15) is 29.6 Å². The van der Waals surface area contributed by atoms with Gasteiger partial charge in [0.05, 0.1) is 28.3 Å². The van der Waals surface area contributed by atoms with Gasteiger partial charge in [-0.15, -0.1) is 0 Å². The highest BCUT2D eigenvalue weighted by atomic mass is 19.2. The Morgan fingerprint density at radius 1 is 1.03 bits per heavy atom. The number of nitrogens with zero attached hydrogens (tertiary/aromatic N) is 4. The molecule has 0 radical (unpaired) electrons. The third-order valence-electron chi connectivity index (χ3n) is 5.87. The Bertz CT molecular complexity index is 1310. The van der Waals surface area contributed by atoms with Crippen LogP contribution >= 0.6 is 0 Å². The number of nitrogens with one attached hydrogen (secondary N) is 1. The summed E-state index contributed by atoms with van der Waals surface area (Å²) >= 11 is 0. The third-order valence-corrected chi connectivity index (χ3v) is 5.87. The van der Waals surface area contributed by atoms with Crippen molar-refractivity contribution in [2.24, 2.45) is 0 Å². The summed E-state index contributed by atoms with van der Waals surface area (Å²) in [6.07, 6.45) is 6.00. The monoisotopic (exact) mass is 433 g/mol. The molecule has 0 spiro atoms. The van der Waals surface area contributed by atoms with Crippen LogP contribution in [0.5, 0.6) is 0 Å². The summed E-state index contributed by atoms with van der Waals surface area (Å²) in [6.45, 7) is 1.16. The lowest BCUT2D eigenvalue weighted by Crippen LogP contribution is -2.47. The van der Waals surface area contributed by atoms with Gasteiger partial charge in [0.2, 0.25) is 0 Å². The summed E-state index contributed by atoms with van der Waals surface area (Å²) < 4.78 is 27.0. The van der Waals surface area contributed by atoms with Gasteiger partial charge in [0.1, 0.15) is 5.82 Å². The van der Waals surface area contributed by atoms with Crippen molar-refractivity contribution in [3.8, 4) is 0 Å². The molecule has 0 bridgehead atoms. The van der Waals surface area contributed by atoms with Crippen molar-refractivity contribution in [3.05, 3.63) is 72.1 Å². The summed E-state index contributed by atoms with van der Waals surface area (Å²) in [7, 11) is 0. The van der Waals surface area contributed by atoms with E-state index in [-0.39, 0.29) is 23.0 Å². The highest BCUT2D eigenvalue weighted by molar-refractivity contribution is 6.06. The number of carbonyl (C=O) groups excluding carboxylic acids is 1. The number of likely N-dealkylation sites (tertiary alicyclic amines) is 1. The summed E-state index contributed by atoms with van der Waals surface area (Å²) in [6, 6.07) is 11.4. The molecule has 0 aliphatic carbocycles. The normalized spacial score (nSPS) is 16.4. The fourth-order valence-electron chi connectivity index (χ4n) is 4.23. The maximum absolute atomic E-state index is 13.6. The fraction of sp³-hybridized carbons (Fsp3) is 0.250. The van der Waals surface area contributed by atoms with Gasteiger partial charge < -0.3 is 10.2 Å². The number of carbonyl (C=O) groups is 1. The van der Waals surface area contributed by atoms with Crippen molar-refractivity contribution in [3.63, 3.8) is 0 Å². The predicted octanol–water partition coefficient (Wildman–Crippen LogP) is 4.56. The van der Waals surface area contributed by atoms with E-state index in [1.165, 1.54) is 6.20 Å². The molecule has 2 aromatic heterocycles. The van der Waals surface area contributed by atoms with E-state index >= 15 is 0 Å². The molecular formula is C24H21F2N5O. The first kappa shape index (κ1) is 20.2. The Morgan fingerprint density at radius 2 is 1.84 bits per heavy atom. The number of benzene rings is 2. The second-order valence-electron chi connectivity index (χ2n) is 7.91. The lowest BCUT2D eigenvalue weighted by molar-refractivity contribution is 0.0630. The number of pyridine rings is 1. The Morgan fingerprint density at radius 3 is 2.72 bits per heavy atom. The molecule has 0 saturated carbocycles. The Kier molecular flexibility index (Phi) is 5.34. The van der Waals surface area contributed by atoms with Gasteiger partial charge in [-0.25, -0.2) is 13.8 Å². The van der Waals surface area contributed by atoms with E-state index in [4.69, 9.17) is 0 Å². The Hall–Kier alpha value is -3.68. The van der Waals surface area contributed by atoms with E-state index in [9.17, 15) is 13.6 Å². The number of halogens is 2. The molecule has 4 aromatic rings. The quantitative estimate of drug-likeness (QED) is 0.511. The van der Waals surface area contributed by atoms with Crippen molar-refractivity contribution in [1.82, 2.24) is 19.9 Å². The first-order valence-corrected chi connectivity index (χ1v) is 10.6. The van der Waals surface area contributed by atoms with Crippen molar-refractivity contribution >= 4 is 33.7 Å². The van der Waals surface area contributed by atoms with E-state index in [0.717, 1.165) is 42.3 Å². The van der Waals surface area contributed by atoms with Crippen LogP contribution in [-0.2, 0) is 0 Å². The van der Waals surface area contributed by atoms with Crippen LogP contribution in [0.2, 0.25) is 0 Å². The minimum absolute atomic E-state index is 0.0164. The minimum Gasteiger partial charge on any atom is -0.367 e. The molecule has 1 unspecified atom stereocenters. The van der Waals surface area contributed by atoms with Gasteiger partial charge >= 0.3 is 0 Å². The topological polar surface area (TPSA) is 71.0 Å². The molecule has 1 fully saturated rings. The molecule has 1 aliphatic heterocycles. The van der Waals surface area contributed by atoms with Crippen LogP contribution in [0.4, 0.5) is 14.6 Å². The molecule has 1 N–H and O–H groups in total. The van der Waals surface area contributed by atoms with Crippen LogP contribution in [0.25, 0.3) is 21.9 Å². The summed E-state index contributed by atoms with van der Waals surface area (Å²) in [5.74, 6) is -1.47. The van der Waals surface area contributed by atoms with Gasteiger partial charge in [-0.05, 0) is 31.4 Å². The van der Waals surface area contributed by atoms with Crippen LogP contribution in [0.15, 0.2) is 54.9 Å². The lowest BCUT2D eigenvalue weighted by Gasteiger charge is -2.36. The third kappa shape index (κ3) is 3.84. The molecule has 1 saturated heterocycles. The molecule has 5 rings (SSSR count). The summed E-state index contributed by atoms with van der Waals surface area (Å²) in [5, 5.41) is 4.06. The van der Waals surface area contributed by atoms with Crippen LogP contribution in [0, 0.1) is 11.6 Å². The van der Waals surface area contributed by atoms with Crippen LogP contribution < -0.4 is 5.32 Å². The Balaban J connectivity index is 1.36. The number of fused-ring (bicyclic) bond motifs is 2. The maximum atomic E-state index is 13.6. The van der Waals surface area contributed by atoms with Gasteiger partial charge in [-0.3, -0.25) is 14.8 Å². The number of hydrogen-bond donors (Lipinski definition) is 1. The van der Waals surface area contributed by atoms with Gasteiger partial charge in [-0.2, -0.15) is 0 Å². The number of hydrogen-bond acceptors (Lipinski definition) is 5. The highest BCUT2D eigenvalue weighted by Crippen LogP contribution is 2.24. The highest BCUT2D eigenvalue weighted by Gasteiger charge is 2.28.